The monoisotopic (exact) mass is 336 g/mol. The van der Waals surface area contributed by atoms with Gasteiger partial charge in [0.2, 0.25) is 0 Å². The molecule has 0 aliphatic heterocycles. The van der Waals surface area contributed by atoms with E-state index < -0.39 is 5.97 Å². The number of rotatable bonds is 4. The number of carbonyl (C=O) groups is 1. The first kappa shape index (κ1) is 13.6. The third-order valence-electron chi connectivity index (χ3n) is 2.51. The minimum Gasteiger partial charge on any atom is -0.477 e. The average molecular weight is 337 g/mol. The fourth-order valence-corrected chi connectivity index (χ4v) is 2.86. The summed E-state index contributed by atoms with van der Waals surface area (Å²) in [6.45, 7) is 0.426. The third kappa shape index (κ3) is 3.13. The molecule has 1 aromatic heterocycles. The van der Waals surface area contributed by atoms with Gasteiger partial charge in [0.25, 0.3) is 0 Å². The number of nitrogens with zero attached hydrogens (tertiary/aromatic N) is 1. The van der Waals surface area contributed by atoms with Crippen LogP contribution in [0.4, 0.5) is 5.69 Å². The quantitative estimate of drug-likeness (QED) is 0.892. The van der Waals surface area contributed by atoms with Gasteiger partial charge in [-0.1, -0.05) is 0 Å². The number of nitriles is 1. The highest BCUT2D eigenvalue weighted by Gasteiger charge is 2.11. The molecule has 0 spiro atoms. The van der Waals surface area contributed by atoms with Crippen LogP contribution in [0.2, 0.25) is 0 Å². The summed E-state index contributed by atoms with van der Waals surface area (Å²) in [6, 6.07) is 9.06. The summed E-state index contributed by atoms with van der Waals surface area (Å²) in [5, 5.41) is 22.7. The molecule has 0 amide bonds. The Hall–Kier alpha value is -1.84. The Balaban J connectivity index is 2.13. The lowest BCUT2D eigenvalue weighted by molar-refractivity contribution is 0.0701. The third-order valence-corrected chi connectivity index (χ3v) is 4.11. The van der Waals surface area contributed by atoms with Gasteiger partial charge in [0.1, 0.15) is 4.88 Å². The summed E-state index contributed by atoms with van der Waals surface area (Å²) < 4.78 is 0.777. The van der Waals surface area contributed by atoms with E-state index in [2.05, 4.69) is 27.3 Å². The lowest BCUT2D eigenvalue weighted by atomic mass is 10.2. The molecule has 19 heavy (non-hydrogen) atoms. The van der Waals surface area contributed by atoms with E-state index >= 15 is 0 Å². The van der Waals surface area contributed by atoms with Gasteiger partial charge in [-0.3, -0.25) is 0 Å². The van der Waals surface area contributed by atoms with Crippen molar-refractivity contribution in [1.82, 2.24) is 0 Å². The van der Waals surface area contributed by atoms with E-state index in [9.17, 15) is 4.79 Å². The molecule has 2 N–H and O–H groups in total. The van der Waals surface area contributed by atoms with E-state index in [0.717, 1.165) is 15.7 Å². The van der Waals surface area contributed by atoms with Crippen molar-refractivity contribution in [2.75, 3.05) is 5.32 Å². The molecule has 0 bridgehead atoms. The second-order valence-corrected chi connectivity index (χ2v) is 5.51. The van der Waals surface area contributed by atoms with Gasteiger partial charge in [-0.25, -0.2) is 4.79 Å². The Morgan fingerprint density at radius 1 is 1.47 bits per heavy atom. The first-order chi connectivity index (χ1) is 9.11. The van der Waals surface area contributed by atoms with Crippen LogP contribution in [0.25, 0.3) is 0 Å². The molecule has 0 atom stereocenters. The Morgan fingerprint density at radius 3 is 2.89 bits per heavy atom. The Morgan fingerprint density at radius 2 is 2.26 bits per heavy atom. The van der Waals surface area contributed by atoms with Crippen LogP contribution in [0.1, 0.15) is 20.8 Å². The Kier molecular flexibility index (Phi) is 4.20. The number of nitrogens with one attached hydrogen (secondary N) is 1. The maximum atomic E-state index is 11.0. The molecule has 2 aromatic rings. The number of hydrogen-bond acceptors (Lipinski definition) is 4. The standard InChI is InChI=1S/C13H9BrN2O2S/c14-10-5-8(6-15)1-2-11(10)16-7-9-3-4-19-12(9)13(17)18/h1-5,16H,7H2,(H,17,18). The molecule has 0 saturated carbocycles. The number of anilines is 1. The van der Waals surface area contributed by atoms with Crippen molar-refractivity contribution < 1.29 is 9.90 Å². The van der Waals surface area contributed by atoms with E-state index in [1.165, 1.54) is 11.3 Å². The summed E-state index contributed by atoms with van der Waals surface area (Å²) >= 11 is 4.58. The molecule has 6 heteroatoms. The normalized spacial score (nSPS) is 9.89. The molecular weight excluding hydrogens is 328 g/mol. The number of halogens is 1. The van der Waals surface area contributed by atoms with Gasteiger partial charge in [0.05, 0.1) is 11.6 Å². The van der Waals surface area contributed by atoms with Gasteiger partial charge in [0, 0.05) is 16.7 Å². The number of benzene rings is 1. The van der Waals surface area contributed by atoms with Crippen LogP contribution in [0.3, 0.4) is 0 Å². The van der Waals surface area contributed by atoms with Gasteiger partial charge in [-0.05, 0) is 51.1 Å². The van der Waals surface area contributed by atoms with E-state index in [0.29, 0.717) is 17.0 Å². The maximum Gasteiger partial charge on any atom is 0.346 e. The largest absolute Gasteiger partial charge is 0.477 e. The number of carboxylic acid groups (broad SMARTS) is 1. The van der Waals surface area contributed by atoms with Crippen LogP contribution in [0.15, 0.2) is 34.1 Å². The van der Waals surface area contributed by atoms with E-state index in [-0.39, 0.29) is 0 Å². The smallest absolute Gasteiger partial charge is 0.346 e. The number of hydrogen-bond donors (Lipinski definition) is 2. The fraction of sp³-hybridized carbons (Fsp3) is 0.0769. The second kappa shape index (κ2) is 5.87. The van der Waals surface area contributed by atoms with Gasteiger partial charge in [-0.2, -0.15) is 5.26 Å². The van der Waals surface area contributed by atoms with Gasteiger partial charge >= 0.3 is 5.97 Å². The van der Waals surface area contributed by atoms with Crippen molar-refractivity contribution >= 4 is 38.9 Å². The molecule has 0 unspecified atom stereocenters. The van der Waals surface area contributed by atoms with E-state index in [4.69, 9.17) is 10.4 Å². The maximum absolute atomic E-state index is 11.0. The summed E-state index contributed by atoms with van der Waals surface area (Å²) in [7, 11) is 0. The number of carboxylic acids is 1. The predicted octanol–water partition coefficient (Wildman–Crippen LogP) is 3.69. The van der Waals surface area contributed by atoms with Crippen molar-refractivity contribution in [3.63, 3.8) is 0 Å². The van der Waals surface area contributed by atoms with Gasteiger partial charge < -0.3 is 10.4 Å². The zero-order valence-corrected chi connectivity index (χ0v) is 12.1. The molecular formula is C13H9BrN2O2S. The highest BCUT2D eigenvalue weighted by molar-refractivity contribution is 9.10. The molecule has 0 radical (unpaired) electrons. The minimum atomic E-state index is -0.911. The van der Waals surface area contributed by atoms with E-state index in [1.807, 2.05) is 0 Å². The highest BCUT2D eigenvalue weighted by atomic mass is 79.9. The average Bonchev–Trinajstić information content (AvgIpc) is 2.85. The predicted molar refractivity (Wildman–Crippen MR) is 77.5 cm³/mol. The molecule has 2 rings (SSSR count). The molecule has 0 fully saturated rings. The van der Waals surface area contributed by atoms with Crippen LogP contribution < -0.4 is 5.32 Å². The van der Waals surface area contributed by atoms with Crippen LogP contribution in [-0.2, 0) is 6.54 Å². The molecule has 1 heterocycles. The summed E-state index contributed by atoms with van der Waals surface area (Å²) in [5.74, 6) is -0.911. The summed E-state index contributed by atoms with van der Waals surface area (Å²) in [5.41, 5.74) is 2.13. The van der Waals surface area contributed by atoms with Gasteiger partial charge in [0.15, 0.2) is 0 Å². The first-order valence-corrected chi connectivity index (χ1v) is 7.02. The van der Waals surface area contributed by atoms with E-state index in [1.54, 1.807) is 29.6 Å². The number of aromatic carboxylic acids is 1. The fourth-order valence-electron chi connectivity index (χ4n) is 1.58. The molecule has 0 aliphatic rings. The molecule has 0 saturated heterocycles. The van der Waals surface area contributed by atoms with Crippen LogP contribution in [-0.4, -0.2) is 11.1 Å². The zero-order valence-electron chi connectivity index (χ0n) is 9.68. The summed E-state index contributed by atoms with van der Waals surface area (Å²) in [4.78, 5) is 11.3. The Labute approximate surface area is 122 Å². The minimum absolute atomic E-state index is 0.345. The molecule has 1 aromatic carbocycles. The van der Waals surface area contributed by atoms with Gasteiger partial charge in [-0.15, -0.1) is 11.3 Å². The van der Waals surface area contributed by atoms with Crippen molar-refractivity contribution in [3.05, 3.63) is 50.1 Å². The first-order valence-electron chi connectivity index (χ1n) is 5.35. The SMILES string of the molecule is N#Cc1ccc(NCc2ccsc2C(=O)O)c(Br)c1. The molecule has 0 aliphatic carbocycles. The van der Waals surface area contributed by atoms with Crippen molar-refractivity contribution in [2.24, 2.45) is 0 Å². The molecule has 4 nitrogen and oxygen atoms in total. The van der Waals surface area contributed by atoms with Crippen molar-refractivity contribution in [2.45, 2.75) is 6.54 Å². The topological polar surface area (TPSA) is 73.1 Å². The zero-order chi connectivity index (χ0) is 13.8. The van der Waals surface area contributed by atoms with Crippen LogP contribution in [0, 0.1) is 11.3 Å². The molecule has 96 valence electrons. The lowest BCUT2D eigenvalue weighted by Crippen LogP contribution is -2.04. The van der Waals surface area contributed by atoms with Crippen LogP contribution in [0.5, 0.6) is 0 Å². The number of thiophene rings is 1. The van der Waals surface area contributed by atoms with Crippen LogP contribution >= 0.6 is 27.3 Å². The van der Waals surface area contributed by atoms with Crippen molar-refractivity contribution in [3.8, 4) is 6.07 Å². The summed E-state index contributed by atoms with van der Waals surface area (Å²) in [6.07, 6.45) is 0. The second-order valence-electron chi connectivity index (χ2n) is 3.74. The Bertz CT molecular complexity index is 661. The van der Waals surface area contributed by atoms with Crippen molar-refractivity contribution in [1.29, 1.82) is 5.26 Å². The lowest BCUT2D eigenvalue weighted by Gasteiger charge is -2.08. The highest BCUT2D eigenvalue weighted by Crippen LogP contribution is 2.25.